The lowest BCUT2D eigenvalue weighted by molar-refractivity contribution is 0.223. The van der Waals surface area contributed by atoms with Gasteiger partial charge in [-0.1, -0.05) is 18.2 Å². The van der Waals surface area contributed by atoms with Crippen LogP contribution in [0.2, 0.25) is 0 Å². The van der Waals surface area contributed by atoms with E-state index in [0.717, 1.165) is 19.1 Å². The summed E-state index contributed by atoms with van der Waals surface area (Å²) in [4.78, 5) is 2.62. The molecule has 2 aliphatic rings. The molecule has 1 aromatic carbocycles. The maximum atomic E-state index is 3.57. The van der Waals surface area contributed by atoms with Crippen molar-refractivity contribution in [1.82, 2.24) is 4.90 Å². The van der Waals surface area contributed by atoms with E-state index in [1.165, 1.54) is 29.3 Å². The fourth-order valence-corrected chi connectivity index (χ4v) is 3.49. The van der Waals surface area contributed by atoms with E-state index in [9.17, 15) is 0 Å². The summed E-state index contributed by atoms with van der Waals surface area (Å²) in [5.41, 5.74) is 2.78. The zero-order valence-corrected chi connectivity index (χ0v) is 9.59. The van der Waals surface area contributed by atoms with Crippen LogP contribution in [0.25, 0.3) is 0 Å². The number of rotatable bonds is 0. The van der Waals surface area contributed by atoms with Crippen LogP contribution in [0.15, 0.2) is 24.3 Å². The number of hydrogen-bond acceptors (Lipinski definition) is 3. The van der Waals surface area contributed by atoms with Crippen molar-refractivity contribution in [2.24, 2.45) is 0 Å². The third-order valence-electron chi connectivity index (χ3n) is 3.27. The van der Waals surface area contributed by atoms with Gasteiger partial charge in [-0.05, 0) is 11.6 Å². The highest BCUT2D eigenvalue weighted by molar-refractivity contribution is 7.99. The van der Waals surface area contributed by atoms with Crippen molar-refractivity contribution in [3.63, 3.8) is 0 Å². The molecule has 1 aromatic rings. The Morgan fingerprint density at radius 3 is 3.27 bits per heavy atom. The molecule has 3 heteroatoms. The second-order valence-corrected chi connectivity index (χ2v) is 5.39. The molecule has 0 aliphatic carbocycles. The standard InChI is InChI=1S/C12H16N2S/c1-2-4-12-10(3-1)8-14-5-6-15-9-11(14)7-13-12/h1-4,11,13H,5-9H2/t11-/m0/s1. The molecule has 2 aliphatic heterocycles. The summed E-state index contributed by atoms with van der Waals surface area (Å²) in [6, 6.07) is 9.41. The van der Waals surface area contributed by atoms with Crippen molar-refractivity contribution in [2.75, 3.05) is 29.9 Å². The van der Waals surface area contributed by atoms with Crippen LogP contribution in [0.1, 0.15) is 5.56 Å². The van der Waals surface area contributed by atoms with Crippen LogP contribution in [-0.4, -0.2) is 35.5 Å². The normalized spacial score (nSPS) is 26.0. The lowest BCUT2D eigenvalue weighted by atomic mass is 10.1. The quantitative estimate of drug-likeness (QED) is 0.720. The fourth-order valence-electron chi connectivity index (χ4n) is 2.36. The number of nitrogens with one attached hydrogen (secondary N) is 1. The lowest BCUT2D eigenvalue weighted by Crippen LogP contribution is -2.44. The van der Waals surface area contributed by atoms with Gasteiger partial charge in [0.25, 0.3) is 0 Å². The summed E-state index contributed by atoms with van der Waals surface area (Å²) in [7, 11) is 0. The molecule has 2 nitrogen and oxygen atoms in total. The molecular formula is C12H16N2S. The number of nitrogens with zero attached hydrogens (tertiary/aromatic N) is 1. The Bertz CT molecular complexity index is 353. The zero-order chi connectivity index (χ0) is 10.1. The van der Waals surface area contributed by atoms with Gasteiger partial charge in [-0.25, -0.2) is 0 Å². The molecular weight excluding hydrogens is 204 g/mol. The number of benzene rings is 1. The Kier molecular flexibility index (Phi) is 2.59. The molecule has 1 fully saturated rings. The molecule has 0 amide bonds. The number of thioether (sulfide) groups is 1. The van der Waals surface area contributed by atoms with Crippen LogP contribution in [0.4, 0.5) is 5.69 Å². The zero-order valence-electron chi connectivity index (χ0n) is 8.78. The summed E-state index contributed by atoms with van der Waals surface area (Å²) >= 11 is 2.09. The van der Waals surface area contributed by atoms with Gasteiger partial charge < -0.3 is 5.32 Å². The fraction of sp³-hybridized carbons (Fsp3) is 0.500. The monoisotopic (exact) mass is 220 g/mol. The lowest BCUT2D eigenvalue weighted by Gasteiger charge is -2.33. The van der Waals surface area contributed by atoms with E-state index in [1.807, 2.05) is 0 Å². The van der Waals surface area contributed by atoms with E-state index in [2.05, 4.69) is 46.2 Å². The van der Waals surface area contributed by atoms with Gasteiger partial charge in [0, 0.05) is 42.9 Å². The highest BCUT2D eigenvalue weighted by atomic mass is 32.2. The highest BCUT2D eigenvalue weighted by Crippen LogP contribution is 2.26. The molecule has 3 rings (SSSR count). The molecule has 1 atom stereocenters. The van der Waals surface area contributed by atoms with Crippen molar-refractivity contribution in [3.8, 4) is 0 Å². The molecule has 15 heavy (non-hydrogen) atoms. The molecule has 0 bridgehead atoms. The summed E-state index contributed by atoms with van der Waals surface area (Å²) in [5, 5.41) is 3.57. The summed E-state index contributed by atoms with van der Waals surface area (Å²) in [5.74, 6) is 2.57. The van der Waals surface area contributed by atoms with Crippen LogP contribution < -0.4 is 5.32 Å². The SMILES string of the molecule is c1ccc2c(c1)CN1CCSC[C@@H]1CN2. The first-order chi connectivity index (χ1) is 7.43. The second kappa shape index (κ2) is 4.06. The Balaban J connectivity index is 1.88. The maximum Gasteiger partial charge on any atom is 0.0386 e. The van der Waals surface area contributed by atoms with Crippen LogP contribution in [-0.2, 0) is 6.54 Å². The third kappa shape index (κ3) is 1.86. The van der Waals surface area contributed by atoms with Gasteiger partial charge in [0.1, 0.15) is 0 Å². The summed E-state index contributed by atoms with van der Waals surface area (Å²) < 4.78 is 0. The summed E-state index contributed by atoms with van der Waals surface area (Å²) in [6.07, 6.45) is 0. The first-order valence-electron chi connectivity index (χ1n) is 5.57. The minimum atomic E-state index is 0.719. The van der Waals surface area contributed by atoms with Gasteiger partial charge in [0.05, 0.1) is 0 Å². The average molecular weight is 220 g/mol. The number of anilines is 1. The number of fused-ring (bicyclic) bond motifs is 2. The molecule has 0 aromatic heterocycles. The molecule has 0 unspecified atom stereocenters. The van der Waals surface area contributed by atoms with Crippen LogP contribution >= 0.6 is 11.8 Å². The highest BCUT2D eigenvalue weighted by Gasteiger charge is 2.25. The molecule has 1 saturated heterocycles. The molecule has 0 radical (unpaired) electrons. The maximum absolute atomic E-state index is 3.57. The molecule has 1 N–H and O–H groups in total. The van der Waals surface area contributed by atoms with Gasteiger partial charge in [0.15, 0.2) is 0 Å². The first-order valence-corrected chi connectivity index (χ1v) is 6.72. The topological polar surface area (TPSA) is 15.3 Å². The summed E-state index contributed by atoms with van der Waals surface area (Å²) in [6.45, 7) is 3.46. The van der Waals surface area contributed by atoms with E-state index in [0.29, 0.717) is 0 Å². The first kappa shape index (κ1) is 9.55. The second-order valence-electron chi connectivity index (χ2n) is 4.24. The van der Waals surface area contributed by atoms with Crippen LogP contribution in [0.5, 0.6) is 0 Å². The molecule has 2 heterocycles. The molecule has 0 saturated carbocycles. The van der Waals surface area contributed by atoms with E-state index in [-0.39, 0.29) is 0 Å². The Hall–Kier alpha value is -0.670. The Morgan fingerprint density at radius 1 is 1.33 bits per heavy atom. The molecule has 0 spiro atoms. The van der Waals surface area contributed by atoms with Gasteiger partial charge in [-0.3, -0.25) is 4.90 Å². The van der Waals surface area contributed by atoms with Gasteiger partial charge >= 0.3 is 0 Å². The predicted molar refractivity (Wildman–Crippen MR) is 66.5 cm³/mol. The van der Waals surface area contributed by atoms with Crippen molar-refractivity contribution >= 4 is 17.4 Å². The Labute approximate surface area is 95.0 Å². The molecule has 80 valence electrons. The minimum Gasteiger partial charge on any atom is -0.383 e. The van der Waals surface area contributed by atoms with Gasteiger partial charge in [-0.2, -0.15) is 11.8 Å². The van der Waals surface area contributed by atoms with E-state index >= 15 is 0 Å². The van der Waals surface area contributed by atoms with Crippen LogP contribution in [0.3, 0.4) is 0 Å². The minimum absolute atomic E-state index is 0.719. The third-order valence-corrected chi connectivity index (χ3v) is 4.36. The number of para-hydroxylation sites is 1. The number of hydrogen-bond donors (Lipinski definition) is 1. The predicted octanol–water partition coefficient (Wildman–Crippen LogP) is 2.03. The van der Waals surface area contributed by atoms with Crippen molar-refractivity contribution in [2.45, 2.75) is 12.6 Å². The van der Waals surface area contributed by atoms with Gasteiger partial charge in [0.2, 0.25) is 0 Å². The van der Waals surface area contributed by atoms with Crippen molar-refractivity contribution in [3.05, 3.63) is 29.8 Å². The van der Waals surface area contributed by atoms with E-state index in [1.54, 1.807) is 0 Å². The van der Waals surface area contributed by atoms with Gasteiger partial charge in [-0.15, -0.1) is 0 Å². The van der Waals surface area contributed by atoms with E-state index in [4.69, 9.17) is 0 Å². The van der Waals surface area contributed by atoms with Crippen molar-refractivity contribution < 1.29 is 0 Å². The average Bonchev–Trinajstić information content (AvgIpc) is 2.48. The smallest absolute Gasteiger partial charge is 0.0386 e. The van der Waals surface area contributed by atoms with Crippen molar-refractivity contribution in [1.29, 1.82) is 0 Å². The largest absolute Gasteiger partial charge is 0.383 e. The van der Waals surface area contributed by atoms with Crippen LogP contribution in [0, 0.1) is 0 Å². The Morgan fingerprint density at radius 2 is 2.27 bits per heavy atom. The van der Waals surface area contributed by atoms with E-state index < -0.39 is 0 Å².